The smallest absolute Gasteiger partial charge is 0.317 e. The molecule has 1 aliphatic heterocycles. The van der Waals surface area contributed by atoms with Gasteiger partial charge in [-0.25, -0.2) is 9.48 Å². The van der Waals surface area contributed by atoms with Gasteiger partial charge in [0.2, 0.25) is 0 Å². The van der Waals surface area contributed by atoms with E-state index in [-0.39, 0.29) is 12.1 Å². The molecule has 2 heterocycles. The summed E-state index contributed by atoms with van der Waals surface area (Å²) in [4.78, 5) is 14.4. The summed E-state index contributed by atoms with van der Waals surface area (Å²) in [6, 6.07) is 17.3. The number of rotatable bonds is 4. The fourth-order valence-electron chi connectivity index (χ4n) is 3.19. The van der Waals surface area contributed by atoms with Crippen LogP contribution in [0.4, 0.5) is 4.79 Å². The molecule has 6 nitrogen and oxygen atoms in total. The van der Waals surface area contributed by atoms with E-state index in [1.807, 2.05) is 60.8 Å². The molecule has 0 aliphatic carbocycles. The van der Waals surface area contributed by atoms with Crippen LogP contribution in [-0.4, -0.2) is 40.4 Å². The van der Waals surface area contributed by atoms with Gasteiger partial charge in [0, 0.05) is 30.5 Å². The molecule has 0 bridgehead atoms. The number of hydrogen-bond acceptors (Lipinski definition) is 3. The zero-order chi connectivity index (χ0) is 19.3. The molecule has 1 fully saturated rings. The highest BCUT2D eigenvalue weighted by Gasteiger charge is 2.25. The van der Waals surface area contributed by atoms with Crippen molar-refractivity contribution in [3.8, 4) is 5.69 Å². The van der Waals surface area contributed by atoms with Crippen LogP contribution in [0.3, 0.4) is 0 Å². The second kappa shape index (κ2) is 8.46. The first-order valence-electron chi connectivity index (χ1n) is 9.18. The molecule has 1 saturated heterocycles. The highest BCUT2D eigenvalue weighted by atomic mass is 35.5. The van der Waals surface area contributed by atoms with Gasteiger partial charge in [0.15, 0.2) is 0 Å². The topological polar surface area (TPSA) is 59.4 Å². The van der Waals surface area contributed by atoms with Crippen molar-refractivity contribution in [2.45, 2.75) is 12.6 Å². The first-order valence-corrected chi connectivity index (χ1v) is 9.55. The molecule has 1 aromatic heterocycles. The van der Waals surface area contributed by atoms with Gasteiger partial charge in [0.25, 0.3) is 0 Å². The molecule has 0 radical (unpaired) electrons. The number of aromatic nitrogens is 2. The summed E-state index contributed by atoms with van der Waals surface area (Å²) in [6.07, 6.45) is 3.50. The van der Waals surface area contributed by atoms with Crippen LogP contribution in [0.1, 0.15) is 17.2 Å². The highest BCUT2D eigenvalue weighted by molar-refractivity contribution is 6.30. The van der Waals surface area contributed by atoms with Crippen molar-refractivity contribution < 1.29 is 9.53 Å². The first-order chi connectivity index (χ1) is 13.7. The second-order valence-electron chi connectivity index (χ2n) is 6.63. The molecule has 1 atom stereocenters. The summed E-state index contributed by atoms with van der Waals surface area (Å²) in [7, 11) is 0. The number of nitrogens with one attached hydrogen (secondary N) is 1. The van der Waals surface area contributed by atoms with Crippen LogP contribution < -0.4 is 5.32 Å². The lowest BCUT2D eigenvalue weighted by molar-refractivity contribution is -0.0154. The van der Waals surface area contributed by atoms with Gasteiger partial charge in [0.05, 0.1) is 18.8 Å². The van der Waals surface area contributed by atoms with Crippen LogP contribution >= 0.6 is 11.6 Å². The maximum absolute atomic E-state index is 12.6. The Kier molecular flexibility index (Phi) is 5.60. The molecule has 144 valence electrons. The number of carbonyl (C=O) groups excluding carboxylic acids is 1. The van der Waals surface area contributed by atoms with Gasteiger partial charge in [-0.3, -0.25) is 0 Å². The molecule has 3 aromatic rings. The number of ether oxygens (including phenoxy) is 1. The number of amides is 2. The van der Waals surface area contributed by atoms with E-state index in [4.69, 9.17) is 16.3 Å². The largest absolute Gasteiger partial charge is 0.370 e. The van der Waals surface area contributed by atoms with E-state index in [1.54, 1.807) is 15.8 Å². The van der Waals surface area contributed by atoms with E-state index >= 15 is 0 Å². The Bertz CT molecular complexity index is 911. The Morgan fingerprint density at radius 3 is 2.68 bits per heavy atom. The summed E-state index contributed by atoms with van der Waals surface area (Å²) in [5.41, 5.74) is 3.04. The highest BCUT2D eigenvalue weighted by Crippen LogP contribution is 2.23. The quantitative estimate of drug-likeness (QED) is 0.729. The van der Waals surface area contributed by atoms with E-state index in [2.05, 4.69) is 10.4 Å². The van der Waals surface area contributed by atoms with Crippen LogP contribution in [0.25, 0.3) is 5.69 Å². The van der Waals surface area contributed by atoms with E-state index in [9.17, 15) is 4.79 Å². The van der Waals surface area contributed by atoms with Crippen molar-refractivity contribution in [1.82, 2.24) is 20.0 Å². The Balaban J connectivity index is 1.32. The predicted molar refractivity (Wildman–Crippen MR) is 108 cm³/mol. The van der Waals surface area contributed by atoms with E-state index in [0.29, 0.717) is 31.3 Å². The van der Waals surface area contributed by atoms with Crippen molar-refractivity contribution in [2.24, 2.45) is 0 Å². The fourth-order valence-corrected chi connectivity index (χ4v) is 3.32. The molecule has 7 heteroatoms. The summed E-state index contributed by atoms with van der Waals surface area (Å²) in [6.45, 7) is 2.08. The van der Waals surface area contributed by atoms with E-state index < -0.39 is 0 Å². The zero-order valence-electron chi connectivity index (χ0n) is 15.3. The second-order valence-corrected chi connectivity index (χ2v) is 7.07. The van der Waals surface area contributed by atoms with Crippen molar-refractivity contribution in [1.29, 1.82) is 0 Å². The standard InChI is InChI=1S/C21H21ClN4O2/c22-18-6-4-17(5-7-18)20-15-25(12-13-28-20)21(27)23-14-16-2-8-19(9-3-16)26-11-1-10-24-26/h1-11,20H,12-15H2,(H,23,27). The molecule has 0 spiro atoms. The Labute approximate surface area is 168 Å². The summed E-state index contributed by atoms with van der Waals surface area (Å²) in [5.74, 6) is 0. The lowest BCUT2D eigenvalue weighted by Gasteiger charge is -2.33. The van der Waals surface area contributed by atoms with Gasteiger partial charge < -0.3 is 15.0 Å². The molecule has 28 heavy (non-hydrogen) atoms. The van der Waals surface area contributed by atoms with Gasteiger partial charge in [0.1, 0.15) is 6.10 Å². The van der Waals surface area contributed by atoms with Crippen LogP contribution in [0.15, 0.2) is 67.0 Å². The average Bonchev–Trinajstić information content (AvgIpc) is 3.28. The lowest BCUT2D eigenvalue weighted by atomic mass is 10.1. The fraction of sp³-hybridized carbons (Fsp3) is 0.238. The third-order valence-electron chi connectivity index (χ3n) is 4.74. The number of urea groups is 1. The number of benzene rings is 2. The van der Waals surface area contributed by atoms with Crippen LogP contribution in [0.2, 0.25) is 5.02 Å². The van der Waals surface area contributed by atoms with Gasteiger partial charge >= 0.3 is 6.03 Å². The monoisotopic (exact) mass is 396 g/mol. The number of carbonyl (C=O) groups is 1. The third-order valence-corrected chi connectivity index (χ3v) is 5.00. The minimum absolute atomic E-state index is 0.0848. The van der Waals surface area contributed by atoms with Crippen LogP contribution in [0.5, 0.6) is 0 Å². The van der Waals surface area contributed by atoms with Crippen molar-refractivity contribution in [2.75, 3.05) is 19.7 Å². The SMILES string of the molecule is O=C(NCc1ccc(-n2cccn2)cc1)N1CCOC(c2ccc(Cl)cc2)C1. The lowest BCUT2D eigenvalue weighted by Crippen LogP contribution is -2.46. The molecule has 2 aromatic carbocycles. The van der Waals surface area contributed by atoms with Gasteiger partial charge in [-0.2, -0.15) is 5.10 Å². The normalized spacial score (nSPS) is 16.8. The maximum Gasteiger partial charge on any atom is 0.317 e. The van der Waals surface area contributed by atoms with E-state index in [0.717, 1.165) is 16.8 Å². The molecule has 1 N–H and O–H groups in total. The molecule has 2 amide bonds. The number of hydrogen-bond donors (Lipinski definition) is 1. The Morgan fingerprint density at radius 2 is 1.96 bits per heavy atom. The molecular formula is C21H21ClN4O2. The summed E-state index contributed by atoms with van der Waals surface area (Å²) in [5, 5.41) is 7.89. The van der Waals surface area contributed by atoms with E-state index in [1.165, 1.54) is 0 Å². The van der Waals surface area contributed by atoms with Gasteiger partial charge in [-0.1, -0.05) is 35.9 Å². The third kappa shape index (κ3) is 4.35. The van der Waals surface area contributed by atoms with Crippen LogP contribution in [0, 0.1) is 0 Å². The predicted octanol–water partition coefficient (Wildman–Crippen LogP) is 3.81. The van der Waals surface area contributed by atoms with Gasteiger partial charge in [-0.05, 0) is 41.5 Å². The average molecular weight is 397 g/mol. The Morgan fingerprint density at radius 1 is 1.18 bits per heavy atom. The minimum atomic E-state index is -0.134. The first kappa shape index (κ1) is 18.5. The summed E-state index contributed by atoms with van der Waals surface area (Å²) < 4.78 is 7.62. The van der Waals surface area contributed by atoms with Crippen molar-refractivity contribution in [3.63, 3.8) is 0 Å². The zero-order valence-corrected chi connectivity index (χ0v) is 16.0. The van der Waals surface area contributed by atoms with Crippen molar-refractivity contribution >= 4 is 17.6 Å². The van der Waals surface area contributed by atoms with Gasteiger partial charge in [-0.15, -0.1) is 0 Å². The number of nitrogens with zero attached hydrogens (tertiary/aromatic N) is 3. The molecule has 1 unspecified atom stereocenters. The maximum atomic E-state index is 12.6. The number of morpholine rings is 1. The Hall–Kier alpha value is -2.83. The molecule has 4 rings (SSSR count). The summed E-state index contributed by atoms with van der Waals surface area (Å²) >= 11 is 5.95. The number of halogens is 1. The molecule has 0 saturated carbocycles. The molecular weight excluding hydrogens is 376 g/mol. The minimum Gasteiger partial charge on any atom is -0.370 e. The van der Waals surface area contributed by atoms with Crippen LogP contribution in [-0.2, 0) is 11.3 Å². The van der Waals surface area contributed by atoms with Crippen molar-refractivity contribution in [3.05, 3.63) is 83.1 Å². The molecule has 1 aliphatic rings.